The molecule has 0 aliphatic carbocycles. The Morgan fingerprint density at radius 3 is 2.60 bits per heavy atom. The van der Waals surface area contributed by atoms with Crippen LogP contribution < -0.4 is 10.0 Å². The van der Waals surface area contributed by atoms with Crippen LogP contribution in [0.15, 0.2) is 47.5 Å². The van der Waals surface area contributed by atoms with Crippen LogP contribution in [0.3, 0.4) is 0 Å². The quantitative estimate of drug-likeness (QED) is 0.936. The van der Waals surface area contributed by atoms with Crippen molar-refractivity contribution < 1.29 is 12.8 Å². The summed E-state index contributed by atoms with van der Waals surface area (Å²) in [6.07, 6.45) is 1.19. The largest absolute Gasteiger partial charge is 0.384 e. The number of nitrogen functional groups attached to an aromatic ring is 1. The first-order valence-electron chi connectivity index (χ1n) is 5.95. The van der Waals surface area contributed by atoms with E-state index in [4.69, 9.17) is 5.73 Å². The molecule has 0 fully saturated rings. The molecule has 0 atom stereocenters. The first-order chi connectivity index (χ1) is 9.45. The number of pyridine rings is 1. The predicted octanol–water partition coefficient (Wildman–Crippen LogP) is 2.02. The van der Waals surface area contributed by atoms with E-state index < -0.39 is 15.8 Å². The van der Waals surface area contributed by atoms with Crippen molar-refractivity contribution in [2.45, 2.75) is 11.8 Å². The predicted molar refractivity (Wildman–Crippen MR) is 75.3 cm³/mol. The third kappa shape index (κ3) is 2.72. The number of anilines is 2. The van der Waals surface area contributed by atoms with Crippen LogP contribution in [0.1, 0.15) is 6.92 Å². The van der Waals surface area contributed by atoms with E-state index in [9.17, 15) is 12.8 Å². The number of aromatic nitrogens is 1. The van der Waals surface area contributed by atoms with Gasteiger partial charge in [0.1, 0.15) is 16.5 Å². The molecule has 7 heteroatoms. The van der Waals surface area contributed by atoms with Crippen LogP contribution in [-0.4, -0.2) is 19.9 Å². The van der Waals surface area contributed by atoms with E-state index in [1.165, 1.54) is 42.6 Å². The maximum Gasteiger partial charge on any atom is 0.265 e. The Kier molecular flexibility index (Phi) is 3.89. The van der Waals surface area contributed by atoms with Crippen LogP contribution in [-0.2, 0) is 10.0 Å². The topological polar surface area (TPSA) is 76.3 Å². The van der Waals surface area contributed by atoms with Crippen LogP contribution in [0, 0.1) is 5.82 Å². The zero-order valence-corrected chi connectivity index (χ0v) is 11.6. The molecule has 0 aliphatic heterocycles. The molecule has 1 aromatic heterocycles. The maximum atomic E-state index is 13.3. The van der Waals surface area contributed by atoms with Gasteiger partial charge in [-0.3, -0.25) is 4.31 Å². The molecule has 2 rings (SSSR count). The van der Waals surface area contributed by atoms with E-state index in [1.54, 1.807) is 6.92 Å². The number of rotatable bonds is 4. The van der Waals surface area contributed by atoms with Gasteiger partial charge in [0.15, 0.2) is 0 Å². The molecule has 0 saturated heterocycles. The second-order valence-electron chi connectivity index (χ2n) is 4.07. The van der Waals surface area contributed by atoms with Gasteiger partial charge in [-0.05, 0) is 37.3 Å². The van der Waals surface area contributed by atoms with Crippen molar-refractivity contribution in [3.05, 3.63) is 48.4 Å². The molecule has 5 nitrogen and oxygen atoms in total. The Labute approximate surface area is 116 Å². The van der Waals surface area contributed by atoms with Crippen LogP contribution in [0.4, 0.5) is 15.9 Å². The van der Waals surface area contributed by atoms with E-state index in [1.807, 2.05) is 0 Å². The van der Waals surface area contributed by atoms with Gasteiger partial charge < -0.3 is 5.73 Å². The zero-order valence-electron chi connectivity index (χ0n) is 10.8. The minimum Gasteiger partial charge on any atom is -0.384 e. The van der Waals surface area contributed by atoms with Crippen LogP contribution in [0.2, 0.25) is 0 Å². The highest BCUT2D eigenvalue weighted by Gasteiger charge is 2.24. The summed E-state index contributed by atoms with van der Waals surface area (Å²) in [6, 6.07) is 8.21. The molecule has 1 aromatic carbocycles. The monoisotopic (exact) mass is 295 g/mol. The highest BCUT2D eigenvalue weighted by molar-refractivity contribution is 7.92. The number of nitrogens with two attached hydrogens (primary N) is 1. The zero-order chi connectivity index (χ0) is 14.8. The lowest BCUT2D eigenvalue weighted by atomic mass is 10.3. The molecule has 20 heavy (non-hydrogen) atoms. The Morgan fingerprint density at radius 1 is 1.30 bits per heavy atom. The van der Waals surface area contributed by atoms with Crippen molar-refractivity contribution in [2.75, 3.05) is 16.6 Å². The standard InChI is InChI=1S/C13H14FN3O2S/c1-2-17(11-5-3-4-10(14)8-11)20(18,19)12-6-7-13(15)16-9-12/h3-9H,2H2,1H3,(H2,15,16). The van der Waals surface area contributed by atoms with Crippen molar-refractivity contribution in [1.82, 2.24) is 4.98 Å². The van der Waals surface area contributed by atoms with Crippen LogP contribution in [0.25, 0.3) is 0 Å². The van der Waals surface area contributed by atoms with Gasteiger partial charge in [-0.1, -0.05) is 6.07 Å². The van der Waals surface area contributed by atoms with E-state index in [0.29, 0.717) is 0 Å². The Hall–Kier alpha value is -2.15. The van der Waals surface area contributed by atoms with Gasteiger partial charge >= 0.3 is 0 Å². The van der Waals surface area contributed by atoms with Gasteiger partial charge in [0, 0.05) is 12.7 Å². The van der Waals surface area contributed by atoms with Crippen molar-refractivity contribution in [3.8, 4) is 0 Å². The lowest BCUT2D eigenvalue weighted by molar-refractivity contribution is 0.591. The Bertz CT molecular complexity index is 702. The third-order valence-electron chi connectivity index (χ3n) is 2.73. The molecule has 1 heterocycles. The molecular formula is C13H14FN3O2S. The summed E-state index contributed by atoms with van der Waals surface area (Å²) in [5, 5.41) is 0. The summed E-state index contributed by atoms with van der Waals surface area (Å²) in [7, 11) is -3.79. The molecule has 0 saturated carbocycles. The molecule has 0 aliphatic rings. The van der Waals surface area contributed by atoms with Gasteiger partial charge in [0.05, 0.1) is 5.69 Å². The highest BCUT2D eigenvalue weighted by atomic mass is 32.2. The van der Waals surface area contributed by atoms with E-state index >= 15 is 0 Å². The Balaban J connectivity index is 2.47. The number of hydrogen-bond acceptors (Lipinski definition) is 4. The van der Waals surface area contributed by atoms with Gasteiger partial charge in [0.2, 0.25) is 0 Å². The molecular weight excluding hydrogens is 281 g/mol. The number of hydrogen-bond donors (Lipinski definition) is 1. The molecule has 106 valence electrons. The Morgan fingerprint density at radius 2 is 2.05 bits per heavy atom. The fraction of sp³-hybridized carbons (Fsp3) is 0.154. The summed E-state index contributed by atoms with van der Waals surface area (Å²) in [4.78, 5) is 3.78. The second-order valence-corrected chi connectivity index (χ2v) is 5.93. The van der Waals surface area contributed by atoms with Gasteiger partial charge in [-0.25, -0.2) is 17.8 Å². The van der Waals surface area contributed by atoms with Crippen molar-refractivity contribution in [1.29, 1.82) is 0 Å². The molecule has 0 amide bonds. The van der Waals surface area contributed by atoms with Gasteiger partial charge in [-0.2, -0.15) is 0 Å². The number of benzene rings is 1. The third-order valence-corrected chi connectivity index (χ3v) is 4.62. The summed E-state index contributed by atoms with van der Waals surface area (Å²) in [5.41, 5.74) is 5.71. The number of nitrogens with zero attached hydrogens (tertiary/aromatic N) is 2. The molecule has 2 aromatic rings. The second kappa shape index (κ2) is 5.46. The summed E-state index contributed by atoms with van der Waals surface area (Å²) in [6.45, 7) is 1.85. The molecule has 0 radical (unpaired) electrons. The first kappa shape index (κ1) is 14.3. The van der Waals surface area contributed by atoms with E-state index in [-0.39, 0.29) is 22.9 Å². The summed E-state index contributed by atoms with van der Waals surface area (Å²) < 4.78 is 39.4. The smallest absolute Gasteiger partial charge is 0.265 e. The van der Waals surface area contributed by atoms with Gasteiger partial charge in [0.25, 0.3) is 10.0 Å². The van der Waals surface area contributed by atoms with Crippen molar-refractivity contribution >= 4 is 21.5 Å². The number of sulfonamides is 1. The fourth-order valence-corrected chi connectivity index (χ4v) is 3.21. The average Bonchev–Trinajstić information content (AvgIpc) is 2.40. The lowest BCUT2D eigenvalue weighted by Crippen LogP contribution is -2.30. The van der Waals surface area contributed by atoms with E-state index in [2.05, 4.69) is 4.98 Å². The first-order valence-corrected chi connectivity index (χ1v) is 7.39. The molecule has 0 spiro atoms. The summed E-state index contributed by atoms with van der Waals surface area (Å²) >= 11 is 0. The van der Waals surface area contributed by atoms with Crippen LogP contribution >= 0.6 is 0 Å². The SMILES string of the molecule is CCN(c1cccc(F)c1)S(=O)(=O)c1ccc(N)nc1. The van der Waals surface area contributed by atoms with Crippen molar-refractivity contribution in [2.24, 2.45) is 0 Å². The lowest BCUT2D eigenvalue weighted by Gasteiger charge is -2.22. The maximum absolute atomic E-state index is 13.3. The molecule has 2 N–H and O–H groups in total. The molecule has 0 unspecified atom stereocenters. The minimum atomic E-state index is -3.79. The van der Waals surface area contributed by atoms with Crippen LogP contribution in [0.5, 0.6) is 0 Å². The average molecular weight is 295 g/mol. The van der Waals surface area contributed by atoms with Gasteiger partial charge in [-0.15, -0.1) is 0 Å². The van der Waals surface area contributed by atoms with E-state index in [0.717, 1.165) is 4.31 Å². The molecule has 0 bridgehead atoms. The highest BCUT2D eigenvalue weighted by Crippen LogP contribution is 2.23. The normalized spacial score (nSPS) is 11.3. The summed E-state index contributed by atoms with van der Waals surface area (Å²) in [5.74, 6) is -0.260. The fourth-order valence-electron chi connectivity index (χ4n) is 1.79. The number of halogens is 1. The van der Waals surface area contributed by atoms with Crippen molar-refractivity contribution in [3.63, 3.8) is 0 Å². The minimum absolute atomic E-state index is 0.0119.